The number of para-hydroxylation sites is 1. The molecule has 1 fully saturated rings. The van der Waals surface area contributed by atoms with Crippen molar-refractivity contribution in [2.45, 2.75) is 19.5 Å². The molecule has 1 saturated heterocycles. The van der Waals surface area contributed by atoms with Crippen LogP contribution in [0.15, 0.2) is 24.3 Å². The van der Waals surface area contributed by atoms with Crippen molar-refractivity contribution >= 4 is 0 Å². The van der Waals surface area contributed by atoms with Gasteiger partial charge in [0.05, 0.1) is 6.61 Å². The predicted octanol–water partition coefficient (Wildman–Crippen LogP) is 1.49. The summed E-state index contributed by atoms with van der Waals surface area (Å²) in [6.07, 6.45) is 0. The molecule has 0 amide bonds. The Balaban J connectivity index is 2.01. The first-order valence-electron chi connectivity index (χ1n) is 5.93. The Morgan fingerprint density at radius 3 is 2.75 bits per heavy atom. The lowest BCUT2D eigenvalue weighted by molar-refractivity contribution is 0.171. The summed E-state index contributed by atoms with van der Waals surface area (Å²) in [5.74, 6) is 1.02. The maximum absolute atomic E-state index is 5.63. The monoisotopic (exact) mass is 220 g/mol. The molecular weight excluding hydrogens is 200 g/mol. The Morgan fingerprint density at radius 2 is 2.12 bits per heavy atom. The number of nitrogens with one attached hydrogen (secondary N) is 1. The smallest absolute Gasteiger partial charge is 0.123 e. The van der Waals surface area contributed by atoms with E-state index in [0.717, 1.165) is 32.0 Å². The van der Waals surface area contributed by atoms with Crippen molar-refractivity contribution in [2.75, 3.05) is 26.7 Å². The van der Waals surface area contributed by atoms with Gasteiger partial charge in [0.1, 0.15) is 5.75 Å². The van der Waals surface area contributed by atoms with E-state index in [2.05, 4.69) is 29.4 Å². The molecule has 1 aliphatic rings. The molecule has 88 valence electrons. The van der Waals surface area contributed by atoms with Gasteiger partial charge in [-0.2, -0.15) is 0 Å². The molecule has 0 aromatic heterocycles. The minimum atomic E-state index is 0.676. The zero-order chi connectivity index (χ0) is 11.4. The van der Waals surface area contributed by atoms with Crippen LogP contribution in [-0.2, 0) is 6.54 Å². The van der Waals surface area contributed by atoms with Crippen LogP contribution in [0.3, 0.4) is 0 Å². The second kappa shape index (κ2) is 5.32. The predicted molar refractivity (Wildman–Crippen MR) is 65.7 cm³/mol. The Hall–Kier alpha value is -1.06. The third-order valence-corrected chi connectivity index (χ3v) is 3.08. The third kappa shape index (κ3) is 2.54. The van der Waals surface area contributed by atoms with Gasteiger partial charge in [-0.1, -0.05) is 18.2 Å². The summed E-state index contributed by atoms with van der Waals surface area (Å²) < 4.78 is 5.63. The van der Waals surface area contributed by atoms with Crippen LogP contribution < -0.4 is 10.1 Å². The first kappa shape index (κ1) is 11.4. The molecule has 0 saturated carbocycles. The van der Waals surface area contributed by atoms with Gasteiger partial charge in [0.2, 0.25) is 0 Å². The highest BCUT2D eigenvalue weighted by atomic mass is 16.5. The fraction of sp³-hybridized carbons (Fsp3) is 0.538. The number of ether oxygens (including phenoxy) is 1. The molecule has 1 N–H and O–H groups in total. The van der Waals surface area contributed by atoms with E-state index in [1.165, 1.54) is 5.56 Å². The summed E-state index contributed by atoms with van der Waals surface area (Å²) in [6, 6.07) is 8.97. The summed E-state index contributed by atoms with van der Waals surface area (Å²) in [7, 11) is 2.17. The molecule has 0 spiro atoms. The van der Waals surface area contributed by atoms with Crippen LogP contribution in [-0.4, -0.2) is 37.7 Å². The molecule has 3 nitrogen and oxygen atoms in total. The number of nitrogens with zero attached hydrogens (tertiary/aromatic N) is 1. The molecular formula is C13H20N2O. The molecule has 1 heterocycles. The van der Waals surface area contributed by atoms with Gasteiger partial charge in [-0.3, -0.25) is 4.90 Å². The maximum Gasteiger partial charge on any atom is 0.123 e. The van der Waals surface area contributed by atoms with Gasteiger partial charge in [-0.25, -0.2) is 0 Å². The number of likely N-dealkylation sites (N-methyl/N-ethyl adjacent to an activating group) is 1. The van der Waals surface area contributed by atoms with Gasteiger partial charge >= 0.3 is 0 Å². The molecule has 1 aliphatic heterocycles. The van der Waals surface area contributed by atoms with Crippen molar-refractivity contribution in [1.82, 2.24) is 10.2 Å². The van der Waals surface area contributed by atoms with Crippen molar-refractivity contribution in [3.8, 4) is 5.75 Å². The summed E-state index contributed by atoms with van der Waals surface area (Å²) in [4.78, 5) is 2.38. The standard InChI is InChI=1S/C13H20N2O/c1-3-16-13-7-5-4-6-11(13)10-15(2)12-8-14-9-12/h4-7,12,14H,3,8-10H2,1-2H3. The number of benzene rings is 1. The Morgan fingerprint density at radius 1 is 1.38 bits per heavy atom. The normalized spacial score (nSPS) is 16.2. The summed E-state index contributed by atoms with van der Waals surface area (Å²) in [5.41, 5.74) is 1.28. The molecule has 0 unspecified atom stereocenters. The number of hydrogen-bond acceptors (Lipinski definition) is 3. The summed E-state index contributed by atoms with van der Waals surface area (Å²) in [5, 5.41) is 3.29. The van der Waals surface area contributed by atoms with E-state index in [4.69, 9.17) is 4.74 Å². The van der Waals surface area contributed by atoms with Gasteiger partial charge in [0.15, 0.2) is 0 Å². The molecule has 16 heavy (non-hydrogen) atoms. The van der Waals surface area contributed by atoms with Crippen LogP contribution in [0, 0.1) is 0 Å². The van der Waals surface area contributed by atoms with Crippen molar-refractivity contribution in [3.63, 3.8) is 0 Å². The molecule has 0 aliphatic carbocycles. The van der Waals surface area contributed by atoms with Crippen LogP contribution in [0.25, 0.3) is 0 Å². The Bertz CT molecular complexity index is 336. The highest BCUT2D eigenvalue weighted by molar-refractivity contribution is 5.33. The summed E-state index contributed by atoms with van der Waals surface area (Å²) in [6.45, 7) is 5.92. The topological polar surface area (TPSA) is 24.5 Å². The van der Waals surface area contributed by atoms with Crippen LogP contribution in [0.4, 0.5) is 0 Å². The minimum Gasteiger partial charge on any atom is -0.494 e. The molecule has 1 aromatic rings. The molecule has 0 radical (unpaired) electrons. The second-order valence-electron chi connectivity index (χ2n) is 4.27. The Labute approximate surface area is 97.4 Å². The third-order valence-electron chi connectivity index (χ3n) is 3.08. The van der Waals surface area contributed by atoms with E-state index in [1.807, 2.05) is 19.1 Å². The zero-order valence-electron chi connectivity index (χ0n) is 10.1. The first-order chi connectivity index (χ1) is 7.81. The molecule has 1 aromatic carbocycles. The van der Waals surface area contributed by atoms with Gasteiger partial charge in [-0.05, 0) is 20.0 Å². The van der Waals surface area contributed by atoms with Crippen LogP contribution in [0.5, 0.6) is 5.75 Å². The van der Waals surface area contributed by atoms with Crippen LogP contribution in [0.1, 0.15) is 12.5 Å². The van der Waals surface area contributed by atoms with Crippen molar-refractivity contribution in [1.29, 1.82) is 0 Å². The Kier molecular flexibility index (Phi) is 3.80. The molecule has 2 rings (SSSR count). The first-order valence-corrected chi connectivity index (χ1v) is 5.93. The quantitative estimate of drug-likeness (QED) is 0.813. The highest BCUT2D eigenvalue weighted by Gasteiger charge is 2.21. The maximum atomic E-state index is 5.63. The number of rotatable bonds is 5. The van der Waals surface area contributed by atoms with E-state index >= 15 is 0 Å². The van der Waals surface area contributed by atoms with Gasteiger partial charge < -0.3 is 10.1 Å². The van der Waals surface area contributed by atoms with Crippen LogP contribution >= 0.6 is 0 Å². The average molecular weight is 220 g/mol. The van der Waals surface area contributed by atoms with E-state index in [9.17, 15) is 0 Å². The van der Waals surface area contributed by atoms with Crippen molar-refractivity contribution in [2.24, 2.45) is 0 Å². The van der Waals surface area contributed by atoms with E-state index < -0.39 is 0 Å². The van der Waals surface area contributed by atoms with E-state index in [1.54, 1.807) is 0 Å². The molecule has 3 heteroatoms. The van der Waals surface area contributed by atoms with Crippen molar-refractivity contribution in [3.05, 3.63) is 29.8 Å². The lowest BCUT2D eigenvalue weighted by Gasteiger charge is -2.35. The lowest BCUT2D eigenvalue weighted by atomic mass is 10.1. The van der Waals surface area contributed by atoms with Gasteiger partial charge in [0.25, 0.3) is 0 Å². The van der Waals surface area contributed by atoms with E-state index in [-0.39, 0.29) is 0 Å². The molecule has 0 atom stereocenters. The second-order valence-corrected chi connectivity index (χ2v) is 4.27. The largest absolute Gasteiger partial charge is 0.494 e. The van der Waals surface area contributed by atoms with E-state index in [0.29, 0.717) is 6.04 Å². The average Bonchev–Trinajstić information content (AvgIpc) is 2.18. The minimum absolute atomic E-state index is 0.676. The lowest BCUT2D eigenvalue weighted by Crippen LogP contribution is -2.55. The number of hydrogen-bond donors (Lipinski definition) is 1. The highest BCUT2D eigenvalue weighted by Crippen LogP contribution is 2.20. The summed E-state index contributed by atoms with van der Waals surface area (Å²) >= 11 is 0. The fourth-order valence-corrected chi connectivity index (χ4v) is 1.91. The zero-order valence-corrected chi connectivity index (χ0v) is 10.1. The molecule has 0 bridgehead atoms. The SMILES string of the molecule is CCOc1ccccc1CN(C)C1CNC1. The van der Waals surface area contributed by atoms with Crippen molar-refractivity contribution < 1.29 is 4.74 Å². The van der Waals surface area contributed by atoms with Gasteiger partial charge in [-0.15, -0.1) is 0 Å². The van der Waals surface area contributed by atoms with Crippen LogP contribution in [0.2, 0.25) is 0 Å². The fourth-order valence-electron chi connectivity index (χ4n) is 1.91. The van der Waals surface area contributed by atoms with Gasteiger partial charge in [0, 0.05) is 31.2 Å².